The quantitative estimate of drug-likeness (QED) is 0.388. The Labute approximate surface area is 78.3 Å². The number of nitrogens with zero attached hydrogens (tertiary/aromatic N) is 3. The van der Waals surface area contributed by atoms with Crippen molar-refractivity contribution >= 4 is 12.6 Å². The molecule has 12 heavy (non-hydrogen) atoms. The number of thiol groups is 1. The van der Waals surface area contributed by atoms with Crippen molar-refractivity contribution in [1.29, 1.82) is 10.5 Å². The third-order valence-electron chi connectivity index (χ3n) is 1.22. The summed E-state index contributed by atoms with van der Waals surface area (Å²) in [5, 5.41) is 16.8. The van der Waals surface area contributed by atoms with Crippen LogP contribution in [0.3, 0.4) is 0 Å². The fourth-order valence-electron chi connectivity index (χ4n) is 0.683. The molecule has 0 saturated heterocycles. The molecule has 0 saturated carbocycles. The molecule has 3 nitrogen and oxygen atoms in total. The maximum Gasteiger partial charge on any atom is 0.0876 e. The Balaban J connectivity index is 3.73. The Kier molecular flexibility index (Phi) is 7.47. The van der Waals surface area contributed by atoms with Gasteiger partial charge in [0.05, 0.1) is 25.2 Å². The van der Waals surface area contributed by atoms with Crippen LogP contribution in [0.2, 0.25) is 0 Å². The van der Waals surface area contributed by atoms with E-state index in [9.17, 15) is 0 Å². The summed E-state index contributed by atoms with van der Waals surface area (Å²) in [6.45, 7) is 1.23. The predicted molar refractivity (Wildman–Crippen MR) is 50.7 cm³/mol. The molecule has 0 aliphatic carbocycles. The van der Waals surface area contributed by atoms with Crippen LogP contribution in [0.15, 0.2) is 12.2 Å². The molecule has 0 aromatic heterocycles. The Morgan fingerprint density at radius 2 is 1.75 bits per heavy atom. The van der Waals surface area contributed by atoms with Gasteiger partial charge in [-0.25, -0.2) is 0 Å². The molecule has 0 aliphatic heterocycles. The van der Waals surface area contributed by atoms with E-state index in [0.29, 0.717) is 25.4 Å². The zero-order valence-corrected chi connectivity index (χ0v) is 7.67. The molecule has 0 amide bonds. The monoisotopic (exact) mass is 181 g/mol. The highest BCUT2D eigenvalue weighted by molar-refractivity contribution is 7.80. The first-order chi connectivity index (χ1) is 5.85. The lowest BCUT2D eigenvalue weighted by molar-refractivity contribution is 0.381. The Morgan fingerprint density at radius 3 is 2.17 bits per heavy atom. The third-order valence-corrected chi connectivity index (χ3v) is 1.44. The van der Waals surface area contributed by atoms with Crippen LogP contribution in [0.25, 0.3) is 0 Å². The normalized spacial score (nSPS) is 10.0. The smallest absolute Gasteiger partial charge is 0.0876 e. The highest BCUT2D eigenvalue weighted by Gasteiger charge is 1.98. The van der Waals surface area contributed by atoms with Gasteiger partial charge in [-0.05, 0) is 0 Å². The second kappa shape index (κ2) is 8.13. The van der Waals surface area contributed by atoms with Gasteiger partial charge in [0, 0.05) is 12.3 Å². The molecule has 0 bridgehead atoms. The van der Waals surface area contributed by atoms with E-state index >= 15 is 0 Å². The van der Waals surface area contributed by atoms with E-state index in [1.807, 2.05) is 24.3 Å². The topological polar surface area (TPSA) is 50.8 Å². The van der Waals surface area contributed by atoms with Gasteiger partial charge in [0.15, 0.2) is 0 Å². The molecule has 0 aromatic carbocycles. The molecule has 0 rings (SSSR count). The third kappa shape index (κ3) is 5.79. The molecule has 0 atom stereocenters. The molecule has 0 N–H and O–H groups in total. The van der Waals surface area contributed by atoms with Crippen LogP contribution in [0.4, 0.5) is 0 Å². The van der Waals surface area contributed by atoms with Crippen molar-refractivity contribution in [2.24, 2.45) is 0 Å². The van der Waals surface area contributed by atoms with Crippen LogP contribution < -0.4 is 0 Å². The zero-order chi connectivity index (χ0) is 9.23. The molecule has 0 fully saturated rings. The van der Waals surface area contributed by atoms with E-state index < -0.39 is 0 Å². The van der Waals surface area contributed by atoms with Gasteiger partial charge >= 0.3 is 0 Å². The van der Waals surface area contributed by atoms with Gasteiger partial charge in [-0.15, -0.1) is 0 Å². The van der Waals surface area contributed by atoms with Crippen molar-refractivity contribution in [2.75, 3.05) is 25.4 Å². The summed E-state index contributed by atoms with van der Waals surface area (Å²) in [5.74, 6) is 0.687. The maximum atomic E-state index is 8.38. The van der Waals surface area contributed by atoms with E-state index in [-0.39, 0.29) is 0 Å². The first kappa shape index (κ1) is 11.0. The molecule has 0 aromatic rings. The highest BCUT2D eigenvalue weighted by atomic mass is 32.1. The lowest BCUT2D eigenvalue weighted by Crippen LogP contribution is -2.24. The predicted octanol–water partition coefficient (Wildman–Crippen LogP) is 0.822. The minimum atomic E-state index is 0.296. The summed E-state index contributed by atoms with van der Waals surface area (Å²) in [6, 6.07) is 4.00. The summed E-state index contributed by atoms with van der Waals surface area (Å²) in [5.41, 5.74) is 0. The van der Waals surface area contributed by atoms with Crippen molar-refractivity contribution in [3.63, 3.8) is 0 Å². The van der Waals surface area contributed by atoms with Crippen LogP contribution in [-0.4, -0.2) is 30.3 Å². The van der Waals surface area contributed by atoms with Gasteiger partial charge in [-0.2, -0.15) is 23.2 Å². The van der Waals surface area contributed by atoms with E-state index in [4.69, 9.17) is 10.5 Å². The van der Waals surface area contributed by atoms with E-state index in [2.05, 4.69) is 12.6 Å². The maximum absolute atomic E-state index is 8.38. The van der Waals surface area contributed by atoms with Gasteiger partial charge < -0.3 is 0 Å². The van der Waals surface area contributed by atoms with Crippen LogP contribution in [-0.2, 0) is 0 Å². The number of nitriles is 2. The van der Waals surface area contributed by atoms with Crippen molar-refractivity contribution in [3.05, 3.63) is 12.2 Å². The molecular formula is C8H11N3S. The lowest BCUT2D eigenvalue weighted by atomic mass is 10.4. The zero-order valence-electron chi connectivity index (χ0n) is 6.77. The average molecular weight is 181 g/mol. The van der Waals surface area contributed by atoms with Crippen LogP contribution in [0.1, 0.15) is 0 Å². The van der Waals surface area contributed by atoms with Crippen molar-refractivity contribution in [1.82, 2.24) is 4.90 Å². The number of hydrogen-bond acceptors (Lipinski definition) is 4. The Morgan fingerprint density at radius 1 is 1.17 bits per heavy atom. The summed E-state index contributed by atoms with van der Waals surface area (Å²) in [7, 11) is 0. The molecule has 0 aliphatic rings. The van der Waals surface area contributed by atoms with E-state index in [1.165, 1.54) is 0 Å². The van der Waals surface area contributed by atoms with Crippen molar-refractivity contribution in [3.8, 4) is 12.1 Å². The molecule has 4 heteroatoms. The SMILES string of the molecule is N#CCN(CC#N)CC=CCS. The fraction of sp³-hybridized carbons (Fsp3) is 0.500. The van der Waals surface area contributed by atoms with Crippen LogP contribution in [0, 0.1) is 22.7 Å². The lowest BCUT2D eigenvalue weighted by Gasteiger charge is -2.11. The second-order valence-electron chi connectivity index (χ2n) is 2.14. The van der Waals surface area contributed by atoms with Crippen LogP contribution >= 0.6 is 12.6 Å². The molecule has 0 spiro atoms. The van der Waals surface area contributed by atoms with E-state index in [1.54, 1.807) is 4.90 Å². The number of rotatable bonds is 5. The average Bonchev–Trinajstić information content (AvgIpc) is 2.06. The second-order valence-corrected chi connectivity index (χ2v) is 2.50. The molecule has 64 valence electrons. The summed E-state index contributed by atoms with van der Waals surface area (Å²) < 4.78 is 0. The number of hydrogen-bond donors (Lipinski definition) is 1. The van der Waals surface area contributed by atoms with E-state index in [0.717, 1.165) is 0 Å². The summed E-state index contributed by atoms with van der Waals surface area (Å²) in [6.07, 6.45) is 3.80. The first-order valence-electron chi connectivity index (χ1n) is 3.57. The highest BCUT2D eigenvalue weighted by Crippen LogP contribution is 1.87. The fourth-order valence-corrected chi connectivity index (χ4v) is 0.832. The first-order valence-corrected chi connectivity index (χ1v) is 4.20. The van der Waals surface area contributed by atoms with Crippen LogP contribution in [0.5, 0.6) is 0 Å². The Bertz CT molecular complexity index is 195. The summed E-state index contributed by atoms with van der Waals surface area (Å²) >= 11 is 3.99. The minimum Gasteiger partial charge on any atom is -0.274 e. The van der Waals surface area contributed by atoms with Gasteiger partial charge in [0.2, 0.25) is 0 Å². The van der Waals surface area contributed by atoms with Crippen molar-refractivity contribution < 1.29 is 0 Å². The summed E-state index contributed by atoms with van der Waals surface area (Å²) in [4.78, 5) is 1.75. The largest absolute Gasteiger partial charge is 0.274 e. The molecule has 0 radical (unpaired) electrons. The van der Waals surface area contributed by atoms with Crippen molar-refractivity contribution in [2.45, 2.75) is 0 Å². The van der Waals surface area contributed by atoms with Gasteiger partial charge in [-0.3, -0.25) is 4.90 Å². The molecule has 0 unspecified atom stereocenters. The van der Waals surface area contributed by atoms with Gasteiger partial charge in [0.25, 0.3) is 0 Å². The Hall–Kier alpha value is -0.970. The van der Waals surface area contributed by atoms with Gasteiger partial charge in [0.1, 0.15) is 0 Å². The standard InChI is InChI=1S/C8H11N3S/c9-3-6-11(7-4-10)5-1-2-8-12/h1-2,12H,5-8H2. The molecular weight excluding hydrogens is 170 g/mol. The van der Waals surface area contributed by atoms with Gasteiger partial charge in [-0.1, -0.05) is 12.2 Å². The molecule has 0 heterocycles. The minimum absolute atomic E-state index is 0.296.